The van der Waals surface area contributed by atoms with Crippen LogP contribution in [-0.2, 0) is 9.59 Å². The summed E-state index contributed by atoms with van der Waals surface area (Å²) < 4.78 is 5.19. The van der Waals surface area contributed by atoms with Gasteiger partial charge >= 0.3 is 0 Å². The third kappa shape index (κ3) is 3.62. The first-order valence-electron chi connectivity index (χ1n) is 9.14. The Kier molecular flexibility index (Phi) is 5.66. The number of carbonyl (C=O) groups excluding carboxylic acids is 2. The number of aliphatic hydroxyl groups excluding tert-OH is 1. The fraction of sp³-hybridized carbons (Fsp3) is 0.579. The smallest absolute Gasteiger partial charge is 0.227 e. The summed E-state index contributed by atoms with van der Waals surface area (Å²) in [5.41, 5.74) is 1.13. The van der Waals surface area contributed by atoms with E-state index >= 15 is 0 Å². The number of amides is 2. The first-order valence-corrected chi connectivity index (χ1v) is 9.14. The van der Waals surface area contributed by atoms with Gasteiger partial charge in [-0.25, -0.2) is 0 Å². The van der Waals surface area contributed by atoms with E-state index in [1.54, 1.807) is 7.11 Å². The predicted octanol–water partition coefficient (Wildman–Crippen LogP) is 0.477. The van der Waals surface area contributed by atoms with Gasteiger partial charge in [0.25, 0.3) is 0 Å². The van der Waals surface area contributed by atoms with E-state index in [2.05, 4.69) is 10.2 Å². The summed E-state index contributed by atoms with van der Waals surface area (Å²) in [5, 5.41) is 11.9. The molecule has 2 heterocycles. The number of β-lactam (4-membered cyclic amide) rings is 1. The van der Waals surface area contributed by atoms with Gasteiger partial charge in [0.15, 0.2) is 0 Å². The summed E-state index contributed by atoms with van der Waals surface area (Å²) in [5.74, 6) is 0.327. The highest BCUT2D eigenvalue weighted by atomic mass is 16.5. The normalized spacial score (nSPS) is 23.9. The number of aliphatic hydroxyl groups is 1. The van der Waals surface area contributed by atoms with Gasteiger partial charge in [-0.05, 0) is 30.7 Å². The van der Waals surface area contributed by atoms with Gasteiger partial charge in [0.05, 0.1) is 25.0 Å². The molecule has 1 aromatic rings. The lowest BCUT2D eigenvalue weighted by molar-refractivity contribution is -0.145. The van der Waals surface area contributed by atoms with E-state index in [9.17, 15) is 9.59 Å². The van der Waals surface area contributed by atoms with Crippen LogP contribution in [0.3, 0.4) is 0 Å². The van der Waals surface area contributed by atoms with Crippen molar-refractivity contribution in [2.45, 2.75) is 19.4 Å². The van der Waals surface area contributed by atoms with Crippen molar-refractivity contribution in [3.05, 3.63) is 24.3 Å². The van der Waals surface area contributed by atoms with E-state index in [1.165, 1.54) is 0 Å². The molecule has 7 nitrogen and oxygen atoms in total. The monoisotopic (exact) mass is 361 g/mol. The molecule has 2 N–H and O–H groups in total. The maximum atomic E-state index is 12.8. The highest BCUT2D eigenvalue weighted by Crippen LogP contribution is 2.27. The molecule has 3 atom stereocenters. The minimum absolute atomic E-state index is 0.0317. The van der Waals surface area contributed by atoms with E-state index in [0.717, 1.165) is 24.5 Å². The van der Waals surface area contributed by atoms with Crippen LogP contribution in [0, 0.1) is 11.8 Å². The molecule has 0 bridgehead atoms. The van der Waals surface area contributed by atoms with Crippen LogP contribution in [0.5, 0.6) is 5.75 Å². The zero-order valence-corrected chi connectivity index (χ0v) is 15.4. The third-order valence-electron chi connectivity index (χ3n) is 5.48. The van der Waals surface area contributed by atoms with Crippen LogP contribution >= 0.6 is 0 Å². The maximum Gasteiger partial charge on any atom is 0.227 e. The van der Waals surface area contributed by atoms with Crippen molar-refractivity contribution in [2.75, 3.05) is 44.8 Å². The molecule has 0 radical (unpaired) electrons. The van der Waals surface area contributed by atoms with Crippen molar-refractivity contribution in [1.82, 2.24) is 10.2 Å². The molecule has 2 aliphatic heterocycles. The zero-order chi connectivity index (χ0) is 18.7. The summed E-state index contributed by atoms with van der Waals surface area (Å²) in [7, 11) is 1.65. The number of rotatable bonds is 6. The van der Waals surface area contributed by atoms with Crippen LogP contribution in [0.15, 0.2) is 24.3 Å². The van der Waals surface area contributed by atoms with Crippen LogP contribution in [0.2, 0.25) is 0 Å². The molecule has 142 valence electrons. The van der Waals surface area contributed by atoms with Gasteiger partial charge in [-0.3, -0.25) is 9.59 Å². The Morgan fingerprint density at radius 2 is 1.92 bits per heavy atom. The highest BCUT2D eigenvalue weighted by Gasteiger charge is 2.45. The Balaban J connectivity index is 1.53. The molecule has 0 saturated carbocycles. The van der Waals surface area contributed by atoms with Gasteiger partial charge in [-0.2, -0.15) is 0 Å². The van der Waals surface area contributed by atoms with Crippen LogP contribution < -0.4 is 15.0 Å². The molecule has 26 heavy (non-hydrogen) atoms. The van der Waals surface area contributed by atoms with Gasteiger partial charge in [0.2, 0.25) is 11.8 Å². The fourth-order valence-corrected chi connectivity index (χ4v) is 3.78. The summed E-state index contributed by atoms with van der Waals surface area (Å²) in [6.07, 6.45) is 0.416. The topological polar surface area (TPSA) is 82.1 Å². The zero-order valence-electron chi connectivity index (χ0n) is 15.4. The number of methoxy groups -OCH3 is 1. The van der Waals surface area contributed by atoms with Crippen LogP contribution in [0.1, 0.15) is 13.3 Å². The van der Waals surface area contributed by atoms with E-state index in [1.807, 2.05) is 36.1 Å². The molecule has 1 aromatic carbocycles. The standard InChI is InChI=1S/C19H27N3O4/c1-13(17-16(7-12-23)18(24)20-17)19(25)22-10-8-21(9-11-22)14-3-5-15(26-2)6-4-14/h3-6,13,16-17,23H,7-12H2,1-2H3,(H,20,24)/t13-,16+,17-/m1/s1. The molecule has 2 saturated heterocycles. The second-order valence-corrected chi connectivity index (χ2v) is 6.95. The van der Waals surface area contributed by atoms with Crippen molar-refractivity contribution in [1.29, 1.82) is 0 Å². The van der Waals surface area contributed by atoms with E-state index in [0.29, 0.717) is 19.5 Å². The molecule has 0 unspecified atom stereocenters. The Hall–Kier alpha value is -2.28. The van der Waals surface area contributed by atoms with E-state index < -0.39 is 0 Å². The van der Waals surface area contributed by atoms with Crippen molar-refractivity contribution < 1.29 is 19.4 Å². The molecule has 2 aliphatic rings. The SMILES string of the molecule is COc1ccc(N2CCN(C(=O)[C@H](C)[C@H]3NC(=O)[C@H]3CCO)CC2)cc1. The van der Waals surface area contributed by atoms with Gasteiger partial charge < -0.3 is 25.0 Å². The predicted molar refractivity (Wildman–Crippen MR) is 98.1 cm³/mol. The maximum absolute atomic E-state index is 12.8. The molecule has 0 aromatic heterocycles. The number of ether oxygens (including phenoxy) is 1. The number of hydrogen-bond acceptors (Lipinski definition) is 5. The minimum atomic E-state index is -0.267. The molecule has 2 fully saturated rings. The number of nitrogens with one attached hydrogen (secondary N) is 1. The second kappa shape index (κ2) is 7.95. The van der Waals surface area contributed by atoms with E-state index in [4.69, 9.17) is 9.84 Å². The molecule has 3 rings (SSSR count). The Morgan fingerprint density at radius 3 is 2.46 bits per heavy atom. The number of benzene rings is 1. The number of piperazine rings is 1. The number of nitrogens with zero attached hydrogens (tertiary/aromatic N) is 2. The summed E-state index contributed by atoms with van der Waals surface area (Å²) in [6, 6.07) is 7.78. The second-order valence-electron chi connectivity index (χ2n) is 6.95. The van der Waals surface area contributed by atoms with Gasteiger partial charge in [0.1, 0.15) is 5.75 Å². The summed E-state index contributed by atoms with van der Waals surface area (Å²) in [4.78, 5) is 28.5. The van der Waals surface area contributed by atoms with Crippen molar-refractivity contribution >= 4 is 17.5 Å². The molecular formula is C19H27N3O4. The lowest BCUT2D eigenvalue weighted by atomic mass is 9.79. The number of hydrogen-bond donors (Lipinski definition) is 2. The number of anilines is 1. The van der Waals surface area contributed by atoms with Crippen LogP contribution in [-0.4, -0.2) is 67.8 Å². The van der Waals surface area contributed by atoms with Crippen molar-refractivity contribution in [2.24, 2.45) is 11.8 Å². The fourth-order valence-electron chi connectivity index (χ4n) is 3.78. The van der Waals surface area contributed by atoms with Crippen molar-refractivity contribution in [3.63, 3.8) is 0 Å². The van der Waals surface area contributed by atoms with Gasteiger partial charge in [-0.1, -0.05) is 6.92 Å². The lowest BCUT2D eigenvalue weighted by Crippen LogP contribution is -2.64. The summed E-state index contributed by atoms with van der Waals surface area (Å²) in [6.45, 7) is 4.73. The molecule has 7 heteroatoms. The van der Waals surface area contributed by atoms with Crippen molar-refractivity contribution in [3.8, 4) is 5.75 Å². The molecule has 2 amide bonds. The minimum Gasteiger partial charge on any atom is -0.497 e. The Labute approximate surface area is 153 Å². The molecular weight excluding hydrogens is 334 g/mol. The lowest BCUT2D eigenvalue weighted by Gasteiger charge is -2.43. The molecule has 0 aliphatic carbocycles. The average molecular weight is 361 g/mol. The number of carbonyl (C=O) groups is 2. The van der Waals surface area contributed by atoms with Crippen LogP contribution in [0.4, 0.5) is 5.69 Å². The molecule has 0 spiro atoms. The summed E-state index contributed by atoms with van der Waals surface area (Å²) >= 11 is 0. The Bertz CT molecular complexity index is 641. The average Bonchev–Trinajstić information content (AvgIpc) is 2.69. The quantitative estimate of drug-likeness (QED) is 0.720. The van der Waals surface area contributed by atoms with E-state index in [-0.39, 0.29) is 36.3 Å². The largest absolute Gasteiger partial charge is 0.497 e. The Morgan fingerprint density at radius 1 is 1.27 bits per heavy atom. The van der Waals surface area contributed by atoms with Gasteiger partial charge in [-0.15, -0.1) is 0 Å². The first-order chi connectivity index (χ1) is 12.5. The van der Waals surface area contributed by atoms with Crippen LogP contribution in [0.25, 0.3) is 0 Å². The first kappa shape index (κ1) is 18.5. The highest BCUT2D eigenvalue weighted by molar-refractivity contribution is 5.89. The van der Waals surface area contributed by atoms with Gasteiger partial charge in [0, 0.05) is 38.5 Å². The third-order valence-corrected chi connectivity index (χ3v) is 5.48.